The van der Waals surface area contributed by atoms with Gasteiger partial charge in [-0.1, -0.05) is 24.8 Å². The van der Waals surface area contributed by atoms with Gasteiger partial charge in [-0.15, -0.1) is 0 Å². The quantitative estimate of drug-likeness (QED) is 0.418. The van der Waals surface area contributed by atoms with Gasteiger partial charge in [-0.3, -0.25) is 9.59 Å². The highest BCUT2D eigenvalue weighted by Crippen LogP contribution is 2.43. The van der Waals surface area contributed by atoms with Crippen LogP contribution in [0.1, 0.15) is 12.5 Å². The first-order chi connectivity index (χ1) is 15.8. The maximum absolute atomic E-state index is 12.0. The normalized spacial score (nSPS) is 12.5. The van der Waals surface area contributed by atoms with Crippen molar-refractivity contribution >= 4 is 40.0 Å². The average molecular weight is 438 g/mol. The zero-order valence-electron chi connectivity index (χ0n) is 18.3. The van der Waals surface area contributed by atoms with Crippen LogP contribution >= 0.6 is 0 Å². The number of nitrogens with two attached hydrogens (primary N) is 1. The van der Waals surface area contributed by atoms with Gasteiger partial charge >= 0.3 is 0 Å². The summed E-state index contributed by atoms with van der Waals surface area (Å²) in [5.41, 5.74) is 13.5. The van der Waals surface area contributed by atoms with Gasteiger partial charge in [-0.2, -0.15) is 0 Å². The van der Waals surface area contributed by atoms with Gasteiger partial charge < -0.3 is 20.9 Å². The summed E-state index contributed by atoms with van der Waals surface area (Å²) in [7, 11) is 1.93. The summed E-state index contributed by atoms with van der Waals surface area (Å²) < 4.78 is 1.99. The van der Waals surface area contributed by atoms with E-state index in [1.54, 1.807) is 6.92 Å². The molecular formula is C25H22N6O2. The molecule has 1 aliphatic rings. The fraction of sp³-hybridized carbons (Fsp3) is 0.120. The maximum Gasteiger partial charge on any atom is 0.250 e. The van der Waals surface area contributed by atoms with Crippen LogP contribution in [0.15, 0.2) is 60.9 Å². The van der Waals surface area contributed by atoms with Gasteiger partial charge in [0.1, 0.15) is 17.8 Å². The molecule has 0 saturated carbocycles. The van der Waals surface area contributed by atoms with E-state index in [0.717, 1.165) is 39.0 Å². The van der Waals surface area contributed by atoms with Crippen molar-refractivity contribution in [2.75, 3.05) is 16.4 Å². The SMILES string of the molecule is C=C(C)C(=O)Nc1ccc(-c2c(-c3ccc4c(c3)CC(=O)N4)c3c(N)ncnc3n2C)cc1. The smallest absolute Gasteiger partial charge is 0.250 e. The Labute approximate surface area is 190 Å². The molecule has 0 radical (unpaired) electrons. The molecule has 0 unspecified atom stereocenters. The van der Waals surface area contributed by atoms with E-state index in [4.69, 9.17) is 5.73 Å². The van der Waals surface area contributed by atoms with Gasteiger partial charge in [-0.05, 0) is 47.9 Å². The lowest BCUT2D eigenvalue weighted by Crippen LogP contribution is -2.11. The van der Waals surface area contributed by atoms with E-state index in [2.05, 4.69) is 27.2 Å². The molecule has 33 heavy (non-hydrogen) atoms. The topological polar surface area (TPSA) is 115 Å². The van der Waals surface area contributed by atoms with Crippen molar-refractivity contribution in [3.05, 3.63) is 66.5 Å². The lowest BCUT2D eigenvalue weighted by molar-refractivity contribution is -0.115. The Balaban J connectivity index is 1.69. The molecule has 4 aromatic rings. The van der Waals surface area contributed by atoms with Gasteiger partial charge in [-0.25, -0.2) is 9.97 Å². The second-order valence-electron chi connectivity index (χ2n) is 8.15. The minimum atomic E-state index is -0.225. The Morgan fingerprint density at radius 2 is 1.88 bits per heavy atom. The average Bonchev–Trinajstić information content (AvgIpc) is 3.31. The molecule has 0 aliphatic carbocycles. The fourth-order valence-corrected chi connectivity index (χ4v) is 4.23. The molecule has 5 rings (SSSR count). The molecular weight excluding hydrogens is 416 g/mol. The molecule has 1 aliphatic heterocycles. The summed E-state index contributed by atoms with van der Waals surface area (Å²) >= 11 is 0. The number of carbonyl (C=O) groups is 2. The monoisotopic (exact) mass is 438 g/mol. The largest absolute Gasteiger partial charge is 0.383 e. The zero-order chi connectivity index (χ0) is 23.3. The van der Waals surface area contributed by atoms with Crippen LogP contribution in [0, 0.1) is 0 Å². The molecule has 2 aromatic heterocycles. The predicted molar refractivity (Wildman–Crippen MR) is 130 cm³/mol. The van der Waals surface area contributed by atoms with E-state index in [-0.39, 0.29) is 11.8 Å². The number of nitrogens with zero attached hydrogens (tertiary/aromatic N) is 3. The lowest BCUT2D eigenvalue weighted by atomic mass is 9.96. The zero-order valence-corrected chi connectivity index (χ0v) is 18.3. The minimum Gasteiger partial charge on any atom is -0.383 e. The third-order valence-electron chi connectivity index (χ3n) is 5.82. The summed E-state index contributed by atoms with van der Waals surface area (Å²) in [5.74, 6) is 0.143. The Kier molecular flexibility index (Phi) is 4.70. The van der Waals surface area contributed by atoms with Crippen LogP contribution < -0.4 is 16.4 Å². The molecule has 2 aromatic carbocycles. The van der Waals surface area contributed by atoms with Crippen molar-refractivity contribution in [1.29, 1.82) is 0 Å². The predicted octanol–water partition coefficient (Wildman–Crippen LogP) is 3.89. The van der Waals surface area contributed by atoms with Crippen molar-refractivity contribution in [2.45, 2.75) is 13.3 Å². The van der Waals surface area contributed by atoms with Gasteiger partial charge in [0.25, 0.3) is 5.91 Å². The molecule has 0 bridgehead atoms. The lowest BCUT2D eigenvalue weighted by Gasteiger charge is -2.11. The molecule has 8 heteroatoms. The molecule has 0 atom stereocenters. The van der Waals surface area contributed by atoms with E-state index in [1.165, 1.54) is 6.33 Å². The number of rotatable bonds is 4. The van der Waals surface area contributed by atoms with Crippen molar-refractivity contribution < 1.29 is 9.59 Å². The van der Waals surface area contributed by atoms with Crippen LogP contribution in [-0.2, 0) is 23.1 Å². The Morgan fingerprint density at radius 3 is 2.61 bits per heavy atom. The van der Waals surface area contributed by atoms with Crippen LogP contribution in [0.4, 0.5) is 17.2 Å². The number of aromatic nitrogens is 3. The highest BCUT2D eigenvalue weighted by atomic mass is 16.2. The Morgan fingerprint density at radius 1 is 1.15 bits per heavy atom. The molecule has 0 saturated heterocycles. The summed E-state index contributed by atoms with van der Waals surface area (Å²) in [5, 5.41) is 6.45. The van der Waals surface area contributed by atoms with Gasteiger partial charge in [0.15, 0.2) is 0 Å². The molecule has 2 amide bonds. The highest BCUT2D eigenvalue weighted by Gasteiger charge is 2.24. The molecule has 8 nitrogen and oxygen atoms in total. The molecule has 0 spiro atoms. The van der Waals surface area contributed by atoms with Crippen molar-refractivity contribution in [3.63, 3.8) is 0 Å². The summed E-state index contributed by atoms with van der Waals surface area (Å²) in [6.45, 7) is 5.33. The van der Waals surface area contributed by atoms with E-state index < -0.39 is 0 Å². The molecule has 0 fully saturated rings. The summed E-state index contributed by atoms with van der Waals surface area (Å²) in [6.07, 6.45) is 1.79. The molecule has 3 heterocycles. The van der Waals surface area contributed by atoms with Crippen molar-refractivity contribution in [1.82, 2.24) is 14.5 Å². The van der Waals surface area contributed by atoms with E-state index in [0.29, 0.717) is 29.1 Å². The number of hydrogen-bond donors (Lipinski definition) is 3. The number of fused-ring (bicyclic) bond motifs is 2. The van der Waals surface area contributed by atoms with Crippen LogP contribution in [0.25, 0.3) is 33.4 Å². The Hall–Kier alpha value is -4.46. The fourth-order valence-electron chi connectivity index (χ4n) is 4.23. The van der Waals surface area contributed by atoms with Crippen LogP contribution in [0.3, 0.4) is 0 Å². The molecule has 164 valence electrons. The van der Waals surface area contributed by atoms with E-state index in [1.807, 2.05) is 54.1 Å². The van der Waals surface area contributed by atoms with Gasteiger partial charge in [0, 0.05) is 29.6 Å². The van der Waals surface area contributed by atoms with E-state index >= 15 is 0 Å². The first-order valence-corrected chi connectivity index (χ1v) is 10.4. The van der Waals surface area contributed by atoms with Crippen molar-refractivity contribution in [2.24, 2.45) is 7.05 Å². The van der Waals surface area contributed by atoms with Crippen LogP contribution in [-0.4, -0.2) is 26.3 Å². The van der Waals surface area contributed by atoms with Crippen LogP contribution in [0.5, 0.6) is 0 Å². The standard InChI is InChI=1S/C25H22N6O2/c1-13(2)25(33)29-17-7-4-14(5-8-17)22-20(21-23(26)27-12-28-24(21)31(22)3)15-6-9-18-16(10-15)11-19(32)30-18/h4-10,12H,1,11H2,2-3H3,(H,29,33)(H,30,32)(H2,26,27,28). The second kappa shape index (κ2) is 7.59. The minimum absolute atomic E-state index is 0.0180. The third-order valence-corrected chi connectivity index (χ3v) is 5.82. The molecule has 4 N–H and O–H groups in total. The van der Waals surface area contributed by atoms with Crippen molar-refractivity contribution in [3.8, 4) is 22.4 Å². The second-order valence-corrected chi connectivity index (χ2v) is 8.15. The van der Waals surface area contributed by atoms with Gasteiger partial charge in [0.05, 0.1) is 17.5 Å². The number of carbonyl (C=O) groups excluding carboxylic acids is 2. The number of nitrogen functional groups attached to an aromatic ring is 1. The number of amides is 2. The third kappa shape index (κ3) is 3.41. The van der Waals surface area contributed by atoms with Crippen LogP contribution in [0.2, 0.25) is 0 Å². The highest BCUT2D eigenvalue weighted by molar-refractivity contribution is 6.09. The van der Waals surface area contributed by atoms with Gasteiger partial charge in [0.2, 0.25) is 5.91 Å². The maximum atomic E-state index is 12.0. The van der Waals surface area contributed by atoms with E-state index in [9.17, 15) is 9.59 Å². The number of anilines is 3. The number of hydrogen-bond acceptors (Lipinski definition) is 5. The number of aryl methyl sites for hydroxylation is 1. The summed E-state index contributed by atoms with van der Waals surface area (Å²) in [4.78, 5) is 32.5. The first-order valence-electron chi connectivity index (χ1n) is 10.4. The first kappa shape index (κ1) is 20.4. The number of benzene rings is 2. The summed E-state index contributed by atoms with van der Waals surface area (Å²) in [6, 6.07) is 13.5. The Bertz CT molecular complexity index is 1470. The number of nitrogens with one attached hydrogen (secondary N) is 2.